The Morgan fingerprint density at radius 3 is 2.24 bits per heavy atom. The molecule has 1 aromatic rings. The Morgan fingerprint density at radius 1 is 1.10 bits per heavy atom. The van der Waals surface area contributed by atoms with Crippen LogP contribution in [0.5, 0.6) is 0 Å². The lowest BCUT2D eigenvalue weighted by molar-refractivity contribution is 0.507. The second-order valence-electron chi connectivity index (χ2n) is 6.41. The first-order valence-corrected chi connectivity index (χ1v) is 8.60. The molecule has 0 aliphatic carbocycles. The fourth-order valence-corrected chi connectivity index (χ4v) is 2.90. The SMILES string of the molecule is CCNCc1ccc(N(CC(C)C)C(CC)CC)cc1C. The molecule has 0 bridgehead atoms. The van der Waals surface area contributed by atoms with Crippen molar-refractivity contribution in [3.8, 4) is 0 Å². The Hall–Kier alpha value is -1.02. The van der Waals surface area contributed by atoms with Gasteiger partial charge in [0.25, 0.3) is 0 Å². The molecule has 0 atom stereocenters. The van der Waals surface area contributed by atoms with Gasteiger partial charge < -0.3 is 10.2 Å². The Kier molecular flexibility index (Phi) is 7.81. The monoisotopic (exact) mass is 290 g/mol. The maximum atomic E-state index is 3.42. The standard InChI is InChI=1S/C19H34N2/c1-7-18(8-2)21(14-15(4)5)19-11-10-17(13-20-9-3)16(6)12-19/h10-12,15,18,20H,7-9,13-14H2,1-6H3. The van der Waals surface area contributed by atoms with Crippen molar-refractivity contribution in [1.29, 1.82) is 0 Å². The number of rotatable bonds is 9. The van der Waals surface area contributed by atoms with E-state index in [4.69, 9.17) is 0 Å². The van der Waals surface area contributed by atoms with Crippen LogP contribution >= 0.6 is 0 Å². The summed E-state index contributed by atoms with van der Waals surface area (Å²) in [4.78, 5) is 2.61. The number of hydrogen-bond acceptors (Lipinski definition) is 2. The van der Waals surface area contributed by atoms with Crippen LogP contribution in [0, 0.1) is 12.8 Å². The summed E-state index contributed by atoms with van der Waals surface area (Å²) in [5.41, 5.74) is 4.19. The molecule has 2 heteroatoms. The highest BCUT2D eigenvalue weighted by Gasteiger charge is 2.17. The van der Waals surface area contributed by atoms with E-state index in [1.165, 1.54) is 29.7 Å². The van der Waals surface area contributed by atoms with Crippen LogP contribution in [0.4, 0.5) is 5.69 Å². The molecule has 120 valence electrons. The molecule has 0 aliphatic rings. The third-order valence-corrected chi connectivity index (χ3v) is 4.17. The van der Waals surface area contributed by atoms with Crippen LogP contribution < -0.4 is 10.2 Å². The highest BCUT2D eigenvalue weighted by molar-refractivity contribution is 5.51. The zero-order chi connectivity index (χ0) is 15.8. The zero-order valence-electron chi connectivity index (χ0n) is 14.9. The van der Waals surface area contributed by atoms with E-state index >= 15 is 0 Å². The first-order chi connectivity index (χ1) is 10.0. The molecule has 0 radical (unpaired) electrons. The summed E-state index contributed by atoms with van der Waals surface area (Å²) < 4.78 is 0. The molecule has 0 saturated heterocycles. The molecule has 1 N–H and O–H groups in total. The van der Waals surface area contributed by atoms with Gasteiger partial charge in [0, 0.05) is 24.8 Å². The van der Waals surface area contributed by atoms with E-state index in [-0.39, 0.29) is 0 Å². The lowest BCUT2D eigenvalue weighted by Gasteiger charge is -2.34. The minimum atomic E-state index is 0.645. The third-order valence-electron chi connectivity index (χ3n) is 4.17. The number of nitrogens with one attached hydrogen (secondary N) is 1. The molecule has 0 aliphatic heterocycles. The van der Waals surface area contributed by atoms with E-state index < -0.39 is 0 Å². The highest BCUT2D eigenvalue weighted by atomic mass is 15.2. The summed E-state index contributed by atoms with van der Waals surface area (Å²) >= 11 is 0. The Balaban J connectivity index is 2.99. The van der Waals surface area contributed by atoms with Gasteiger partial charge in [0.05, 0.1) is 0 Å². The van der Waals surface area contributed by atoms with Gasteiger partial charge >= 0.3 is 0 Å². The second kappa shape index (κ2) is 9.09. The molecule has 0 saturated carbocycles. The first-order valence-electron chi connectivity index (χ1n) is 8.60. The van der Waals surface area contributed by atoms with Crippen molar-refractivity contribution < 1.29 is 0 Å². The highest BCUT2D eigenvalue weighted by Crippen LogP contribution is 2.24. The number of benzene rings is 1. The molecular formula is C19H34N2. The van der Waals surface area contributed by atoms with Crippen LogP contribution in [0.2, 0.25) is 0 Å². The quantitative estimate of drug-likeness (QED) is 0.705. The number of hydrogen-bond donors (Lipinski definition) is 1. The van der Waals surface area contributed by atoms with Gasteiger partial charge in [-0.05, 0) is 55.5 Å². The maximum Gasteiger partial charge on any atom is 0.0371 e. The molecule has 0 unspecified atom stereocenters. The van der Waals surface area contributed by atoms with Crippen LogP contribution in [0.25, 0.3) is 0 Å². The fraction of sp³-hybridized carbons (Fsp3) is 0.684. The molecular weight excluding hydrogens is 256 g/mol. The van der Waals surface area contributed by atoms with Gasteiger partial charge in [-0.1, -0.05) is 40.7 Å². The predicted octanol–water partition coefficient (Wildman–Crippen LogP) is 4.76. The minimum Gasteiger partial charge on any atom is -0.368 e. The summed E-state index contributed by atoms with van der Waals surface area (Å²) in [6.45, 7) is 16.7. The average Bonchev–Trinajstić information content (AvgIpc) is 2.45. The van der Waals surface area contributed by atoms with Crippen LogP contribution in [0.3, 0.4) is 0 Å². The zero-order valence-corrected chi connectivity index (χ0v) is 14.9. The van der Waals surface area contributed by atoms with E-state index in [0.717, 1.165) is 19.6 Å². The lowest BCUT2D eigenvalue weighted by atomic mass is 10.0. The smallest absolute Gasteiger partial charge is 0.0371 e. The van der Waals surface area contributed by atoms with Crippen molar-refractivity contribution in [2.75, 3.05) is 18.0 Å². The average molecular weight is 290 g/mol. The van der Waals surface area contributed by atoms with Gasteiger partial charge in [0.2, 0.25) is 0 Å². The minimum absolute atomic E-state index is 0.645. The van der Waals surface area contributed by atoms with Gasteiger partial charge in [-0.2, -0.15) is 0 Å². The van der Waals surface area contributed by atoms with Gasteiger partial charge in [-0.25, -0.2) is 0 Å². The molecule has 0 heterocycles. The van der Waals surface area contributed by atoms with Gasteiger partial charge in [-0.15, -0.1) is 0 Å². The molecule has 0 aromatic heterocycles. The van der Waals surface area contributed by atoms with Gasteiger partial charge in [0.15, 0.2) is 0 Å². The number of nitrogens with zero attached hydrogens (tertiary/aromatic N) is 1. The number of aryl methyl sites for hydroxylation is 1. The van der Waals surface area contributed by atoms with Crippen LogP contribution in [0.1, 0.15) is 58.6 Å². The van der Waals surface area contributed by atoms with Crippen molar-refractivity contribution in [3.63, 3.8) is 0 Å². The topological polar surface area (TPSA) is 15.3 Å². The predicted molar refractivity (Wildman–Crippen MR) is 95.1 cm³/mol. The number of anilines is 1. The van der Waals surface area contributed by atoms with Crippen molar-refractivity contribution in [2.45, 2.75) is 67.0 Å². The van der Waals surface area contributed by atoms with E-state index in [2.05, 4.69) is 70.0 Å². The molecule has 0 amide bonds. The van der Waals surface area contributed by atoms with Crippen molar-refractivity contribution >= 4 is 5.69 Å². The summed E-state index contributed by atoms with van der Waals surface area (Å²) in [7, 11) is 0. The third kappa shape index (κ3) is 5.35. The molecule has 0 fully saturated rings. The van der Waals surface area contributed by atoms with E-state index in [1.807, 2.05) is 0 Å². The maximum absolute atomic E-state index is 3.42. The molecule has 0 spiro atoms. The Labute approximate surface area is 131 Å². The molecule has 1 rings (SSSR count). The van der Waals surface area contributed by atoms with Crippen LogP contribution in [-0.2, 0) is 6.54 Å². The van der Waals surface area contributed by atoms with Crippen LogP contribution in [0.15, 0.2) is 18.2 Å². The molecule has 1 aromatic carbocycles. The summed E-state index contributed by atoms with van der Waals surface area (Å²) in [5, 5.41) is 3.42. The molecule has 21 heavy (non-hydrogen) atoms. The van der Waals surface area contributed by atoms with Crippen LogP contribution in [-0.4, -0.2) is 19.1 Å². The van der Waals surface area contributed by atoms with Crippen molar-refractivity contribution in [1.82, 2.24) is 5.32 Å². The summed E-state index contributed by atoms with van der Waals surface area (Å²) in [6.07, 6.45) is 2.42. The molecule has 2 nitrogen and oxygen atoms in total. The lowest BCUT2D eigenvalue weighted by Crippen LogP contribution is -2.37. The van der Waals surface area contributed by atoms with Crippen molar-refractivity contribution in [2.24, 2.45) is 5.92 Å². The largest absolute Gasteiger partial charge is 0.368 e. The summed E-state index contributed by atoms with van der Waals surface area (Å²) in [5.74, 6) is 0.687. The van der Waals surface area contributed by atoms with E-state index in [0.29, 0.717) is 12.0 Å². The summed E-state index contributed by atoms with van der Waals surface area (Å²) in [6, 6.07) is 7.61. The normalized spacial score (nSPS) is 11.4. The van der Waals surface area contributed by atoms with Gasteiger partial charge in [-0.3, -0.25) is 0 Å². The fourth-order valence-electron chi connectivity index (χ4n) is 2.90. The Bertz CT molecular complexity index is 408. The Morgan fingerprint density at radius 2 is 1.76 bits per heavy atom. The van der Waals surface area contributed by atoms with Gasteiger partial charge in [0.1, 0.15) is 0 Å². The van der Waals surface area contributed by atoms with E-state index in [9.17, 15) is 0 Å². The van der Waals surface area contributed by atoms with Crippen molar-refractivity contribution in [3.05, 3.63) is 29.3 Å². The van der Waals surface area contributed by atoms with E-state index in [1.54, 1.807) is 0 Å². The first kappa shape index (κ1) is 18.0. The second-order valence-corrected chi connectivity index (χ2v) is 6.41.